The zero-order valence-corrected chi connectivity index (χ0v) is 45.5. The summed E-state index contributed by atoms with van der Waals surface area (Å²) in [5.41, 5.74) is 0. The minimum Gasteiger partial charge on any atom is -0.462 e. The smallest absolute Gasteiger partial charge is 0.306 e. The van der Waals surface area contributed by atoms with Gasteiger partial charge in [-0.05, 0) is 122 Å². The normalized spacial score (nSPS) is 12.9. The van der Waals surface area contributed by atoms with Gasteiger partial charge in [0.05, 0.1) is 0 Å². The molecular formula is C64H106O6. The Hall–Kier alpha value is -3.93. The van der Waals surface area contributed by atoms with Crippen LogP contribution in [0.2, 0.25) is 0 Å². The first kappa shape index (κ1) is 66.1. The van der Waals surface area contributed by atoms with Gasteiger partial charge in [-0.25, -0.2) is 0 Å². The van der Waals surface area contributed by atoms with Gasteiger partial charge in [0.15, 0.2) is 6.10 Å². The molecule has 0 spiro atoms. The molecule has 0 aliphatic heterocycles. The molecule has 0 aromatic heterocycles. The van der Waals surface area contributed by atoms with Crippen LogP contribution in [-0.2, 0) is 28.6 Å². The van der Waals surface area contributed by atoms with Crippen LogP contribution in [0.4, 0.5) is 0 Å². The van der Waals surface area contributed by atoms with Crippen LogP contribution in [0, 0.1) is 0 Å². The minimum absolute atomic E-state index is 0.0960. The van der Waals surface area contributed by atoms with E-state index in [2.05, 4.69) is 130 Å². The largest absolute Gasteiger partial charge is 0.462 e. The Kier molecular flexibility index (Phi) is 54.4. The van der Waals surface area contributed by atoms with Gasteiger partial charge < -0.3 is 14.2 Å². The highest BCUT2D eigenvalue weighted by atomic mass is 16.6. The van der Waals surface area contributed by atoms with E-state index in [0.29, 0.717) is 19.3 Å². The maximum Gasteiger partial charge on any atom is 0.306 e. The highest BCUT2D eigenvalue weighted by Gasteiger charge is 2.19. The summed E-state index contributed by atoms with van der Waals surface area (Å²) in [5.74, 6) is -0.932. The quantitative estimate of drug-likeness (QED) is 0.0262. The molecule has 0 saturated carbocycles. The Morgan fingerprint density at radius 2 is 0.557 bits per heavy atom. The molecule has 0 amide bonds. The number of allylic oxidation sites excluding steroid dienone is 18. The number of rotatable bonds is 51. The molecule has 0 aromatic rings. The van der Waals surface area contributed by atoms with Crippen molar-refractivity contribution in [2.75, 3.05) is 13.2 Å². The highest BCUT2D eigenvalue weighted by Crippen LogP contribution is 2.14. The predicted molar refractivity (Wildman–Crippen MR) is 302 cm³/mol. The summed E-state index contributed by atoms with van der Waals surface area (Å²) in [4.78, 5) is 38.2. The van der Waals surface area contributed by atoms with Crippen LogP contribution in [0.3, 0.4) is 0 Å². The van der Waals surface area contributed by atoms with Gasteiger partial charge in [-0.15, -0.1) is 0 Å². The molecule has 0 heterocycles. The summed E-state index contributed by atoms with van der Waals surface area (Å²) in [6, 6.07) is 0. The second kappa shape index (κ2) is 57.6. The molecule has 0 aliphatic carbocycles. The average Bonchev–Trinajstić information content (AvgIpc) is 3.36. The van der Waals surface area contributed by atoms with E-state index >= 15 is 0 Å². The van der Waals surface area contributed by atoms with Gasteiger partial charge in [0.1, 0.15) is 13.2 Å². The van der Waals surface area contributed by atoms with Gasteiger partial charge in [0, 0.05) is 19.3 Å². The van der Waals surface area contributed by atoms with Crippen LogP contribution in [0.15, 0.2) is 109 Å². The number of ether oxygens (including phenoxy) is 3. The number of hydrogen-bond donors (Lipinski definition) is 0. The van der Waals surface area contributed by atoms with Crippen molar-refractivity contribution in [1.29, 1.82) is 0 Å². The number of unbranched alkanes of at least 4 members (excludes halogenated alkanes) is 22. The average molecular weight is 972 g/mol. The molecule has 0 bridgehead atoms. The van der Waals surface area contributed by atoms with Crippen molar-refractivity contribution in [3.05, 3.63) is 109 Å². The van der Waals surface area contributed by atoms with Crippen molar-refractivity contribution in [2.24, 2.45) is 0 Å². The summed E-state index contributed by atoms with van der Waals surface area (Å²) < 4.78 is 16.9. The molecule has 70 heavy (non-hydrogen) atoms. The lowest BCUT2D eigenvalue weighted by molar-refractivity contribution is -0.167. The maximum absolute atomic E-state index is 12.9. The molecule has 0 radical (unpaired) electrons. The van der Waals surface area contributed by atoms with E-state index in [1.165, 1.54) is 70.6 Å². The monoisotopic (exact) mass is 971 g/mol. The standard InChI is InChI=1S/C64H106O6/c1-4-7-10-13-16-19-22-25-28-30-32-34-36-39-42-45-48-51-54-57-63(66)69-60-61(59-68-62(65)56-53-50-47-44-41-38-35-27-24-21-18-15-12-9-6-3)70-64(67)58-55-52-49-46-43-40-37-33-31-29-26-23-20-17-14-11-8-5-2/h7,9-10,12,16,18-21,23,25,27-29,31-32,34-35,61H,4-6,8,11,13-15,17,22,24,26,30,33,36-60H2,1-3H3/b10-7-,12-9-,19-16-,21-18-,23-20-,28-25-,31-29-,34-32-,35-27-. The van der Waals surface area contributed by atoms with Gasteiger partial charge in [0.25, 0.3) is 0 Å². The first-order valence-corrected chi connectivity index (χ1v) is 28.9. The first-order valence-electron chi connectivity index (χ1n) is 28.9. The molecular weight excluding hydrogens is 865 g/mol. The Morgan fingerprint density at radius 3 is 0.871 bits per heavy atom. The van der Waals surface area contributed by atoms with Crippen LogP contribution < -0.4 is 0 Å². The Bertz CT molecular complexity index is 1440. The zero-order valence-electron chi connectivity index (χ0n) is 45.5. The Labute approximate surface area is 431 Å². The summed E-state index contributed by atoms with van der Waals surface area (Å²) in [6.07, 6.45) is 77.8. The molecule has 398 valence electrons. The molecule has 0 aromatic carbocycles. The lowest BCUT2D eigenvalue weighted by atomic mass is 10.1. The zero-order chi connectivity index (χ0) is 50.7. The van der Waals surface area contributed by atoms with E-state index in [1.807, 2.05) is 0 Å². The maximum atomic E-state index is 12.9. The highest BCUT2D eigenvalue weighted by molar-refractivity contribution is 5.71. The third kappa shape index (κ3) is 55.0. The van der Waals surface area contributed by atoms with Crippen molar-refractivity contribution >= 4 is 17.9 Å². The summed E-state index contributed by atoms with van der Waals surface area (Å²) in [7, 11) is 0. The molecule has 1 unspecified atom stereocenters. The van der Waals surface area contributed by atoms with Gasteiger partial charge in [-0.1, -0.05) is 226 Å². The summed E-state index contributed by atoms with van der Waals surface area (Å²) in [5, 5.41) is 0. The molecule has 0 fully saturated rings. The number of carbonyl (C=O) groups excluding carboxylic acids is 3. The minimum atomic E-state index is -0.798. The van der Waals surface area contributed by atoms with E-state index in [0.717, 1.165) is 148 Å². The van der Waals surface area contributed by atoms with Crippen molar-refractivity contribution in [1.82, 2.24) is 0 Å². The molecule has 0 rings (SSSR count). The van der Waals surface area contributed by atoms with Crippen LogP contribution >= 0.6 is 0 Å². The Balaban J connectivity index is 4.46. The van der Waals surface area contributed by atoms with E-state index in [9.17, 15) is 14.4 Å². The molecule has 0 N–H and O–H groups in total. The van der Waals surface area contributed by atoms with E-state index in [1.54, 1.807) is 0 Å². The first-order chi connectivity index (χ1) is 34.5. The lowest BCUT2D eigenvalue weighted by Crippen LogP contribution is -2.30. The molecule has 0 aliphatic rings. The van der Waals surface area contributed by atoms with Crippen molar-refractivity contribution in [2.45, 2.75) is 264 Å². The fourth-order valence-electron chi connectivity index (χ4n) is 7.71. The van der Waals surface area contributed by atoms with Crippen molar-refractivity contribution in [3.63, 3.8) is 0 Å². The summed E-state index contributed by atoms with van der Waals surface area (Å²) in [6.45, 7) is 6.37. The lowest BCUT2D eigenvalue weighted by Gasteiger charge is -2.18. The number of carbonyl (C=O) groups is 3. The molecule has 1 atom stereocenters. The molecule has 6 nitrogen and oxygen atoms in total. The third-order valence-corrected chi connectivity index (χ3v) is 12.0. The van der Waals surface area contributed by atoms with Crippen LogP contribution in [0.1, 0.15) is 258 Å². The predicted octanol–water partition coefficient (Wildman–Crippen LogP) is 19.5. The fraction of sp³-hybridized carbons (Fsp3) is 0.672. The van der Waals surface area contributed by atoms with E-state index in [4.69, 9.17) is 14.2 Å². The molecule has 6 heteroatoms. The van der Waals surface area contributed by atoms with Crippen molar-refractivity contribution < 1.29 is 28.6 Å². The van der Waals surface area contributed by atoms with Gasteiger partial charge in [-0.2, -0.15) is 0 Å². The second-order valence-corrected chi connectivity index (χ2v) is 18.8. The SMILES string of the molecule is CC/C=C\C/C=C\C/C=C\C/C=C\CCCCCCCCC(=O)OCC(COC(=O)CCCCCCC/C=C\C/C=C\C/C=C\CC)OC(=O)CCCCCCCCC/C=C\C/C=C\CCCCCC. The Morgan fingerprint density at radius 1 is 0.300 bits per heavy atom. The molecule has 0 saturated heterocycles. The van der Waals surface area contributed by atoms with Crippen molar-refractivity contribution in [3.8, 4) is 0 Å². The number of hydrogen-bond acceptors (Lipinski definition) is 6. The van der Waals surface area contributed by atoms with Crippen LogP contribution in [0.25, 0.3) is 0 Å². The van der Waals surface area contributed by atoms with Gasteiger partial charge >= 0.3 is 17.9 Å². The van der Waals surface area contributed by atoms with E-state index < -0.39 is 6.10 Å². The van der Waals surface area contributed by atoms with E-state index in [-0.39, 0.29) is 31.1 Å². The third-order valence-electron chi connectivity index (χ3n) is 12.0. The summed E-state index contributed by atoms with van der Waals surface area (Å²) >= 11 is 0. The van der Waals surface area contributed by atoms with Crippen LogP contribution in [0.5, 0.6) is 0 Å². The topological polar surface area (TPSA) is 78.9 Å². The van der Waals surface area contributed by atoms with Gasteiger partial charge in [-0.3, -0.25) is 14.4 Å². The number of esters is 3. The van der Waals surface area contributed by atoms with Crippen LogP contribution in [-0.4, -0.2) is 37.2 Å². The van der Waals surface area contributed by atoms with Gasteiger partial charge in [0.2, 0.25) is 0 Å². The fourth-order valence-corrected chi connectivity index (χ4v) is 7.71. The second-order valence-electron chi connectivity index (χ2n) is 18.8.